The zero-order valence-electron chi connectivity index (χ0n) is 12.5. The van der Waals surface area contributed by atoms with Gasteiger partial charge in [-0.2, -0.15) is 5.10 Å². The quantitative estimate of drug-likeness (QED) is 0.572. The Morgan fingerprint density at radius 3 is 2.67 bits per heavy atom. The van der Waals surface area contributed by atoms with Gasteiger partial charge in [0.2, 0.25) is 0 Å². The van der Waals surface area contributed by atoms with E-state index in [1.165, 1.54) is 23.0 Å². The van der Waals surface area contributed by atoms with Gasteiger partial charge in [-0.3, -0.25) is 19.9 Å². The van der Waals surface area contributed by atoms with Gasteiger partial charge >= 0.3 is 0 Å². The minimum Gasteiger partial charge on any atom is -0.348 e. The van der Waals surface area contributed by atoms with Crippen molar-refractivity contribution in [2.45, 2.75) is 6.54 Å². The van der Waals surface area contributed by atoms with E-state index in [4.69, 9.17) is 0 Å². The summed E-state index contributed by atoms with van der Waals surface area (Å²) >= 11 is 0. The molecular formula is C16H13N5O3. The third-order valence-electron chi connectivity index (χ3n) is 3.35. The molecule has 0 aliphatic rings. The van der Waals surface area contributed by atoms with Crippen LogP contribution < -0.4 is 5.32 Å². The second kappa shape index (κ2) is 6.69. The van der Waals surface area contributed by atoms with E-state index < -0.39 is 4.92 Å². The Bertz CT molecular complexity index is 859. The highest BCUT2D eigenvalue weighted by molar-refractivity contribution is 5.93. The molecule has 0 radical (unpaired) electrons. The summed E-state index contributed by atoms with van der Waals surface area (Å²) in [4.78, 5) is 26.3. The van der Waals surface area contributed by atoms with E-state index in [1.807, 2.05) is 6.07 Å². The molecule has 120 valence electrons. The molecule has 8 nitrogen and oxygen atoms in total. The van der Waals surface area contributed by atoms with Crippen molar-refractivity contribution in [1.29, 1.82) is 0 Å². The number of nitro benzene ring substituents is 1. The number of hydrogen-bond donors (Lipinski definition) is 1. The molecule has 2 aromatic heterocycles. The fourth-order valence-electron chi connectivity index (χ4n) is 2.10. The second-order valence-electron chi connectivity index (χ2n) is 4.99. The molecule has 0 spiro atoms. The van der Waals surface area contributed by atoms with E-state index in [0.717, 1.165) is 5.56 Å². The summed E-state index contributed by atoms with van der Waals surface area (Å²) < 4.78 is 1.49. The Labute approximate surface area is 136 Å². The van der Waals surface area contributed by atoms with Crippen molar-refractivity contribution in [1.82, 2.24) is 20.1 Å². The fraction of sp³-hybridized carbons (Fsp3) is 0.0625. The first kappa shape index (κ1) is 15.3. The third-order valence-corrected chi connectivity index (χ3v) is 3.35. The van der Waals surface area contributed by atoms with Crippen LogP contribution in [0.5, 0.6) is 0 Å². The van der Waals surface area contributed by atoms with E-state index in [2.05, 4.69) is 15.4 Å². The first-order valence-corrected chi connectivity index (χ1v) is 7.10. The minimum atomic E-state index is -0.468. The van der Waals surface area contributed by atoms with Gasteiger partial charge in [0, 0.05) is 37.3 Å². The van der Waals surface area contributed by atoms with Crippen LogP contribution in [0, 0.1) is 10.1 Å². The highest BCUT2D eigenvalue weighted by Crippen LogP contribution is 2.15. The van der Waals surface area contributed by atoms with Gasteiger partial charge in [0.1, 0.15) is 0 Å². The molecule has 24 heavy (non-hydrogen) atoms. The molecule has 3 rings (SSSR count). The van der Waals surface area contributed by atoms with Crippen LogP contribution in [-0.4, -0.2) is 25.6 Å². The van der Waals surface area contributed by atoms with Crippen LogP contribution in [0.25, 0.3) is 5.69 Å². The lowest BCUT2D eigenvalue weighted by Crippen LogP contribution is -2.22. The van der Waals surface area contributed by atoms with Crippen LogP contribution >= 0.6 is 0 Å². The lowest BCUT2D eigenvalue weighted by atomic mass is 10.2. The van der Waals surface area contributed by atoms with Crippen molar-refractivity contribution in [3.8, 4) is 5.69 Å². The fourth-order valence-corrected chi connectivity index (χ4v) is 2.10. The van der Waals surface area contributed by atoms with Gasteiger partial charge in [-0.15, -0.1) is 0 Å². The molecule has 8 heteroatoms. The molecule has 0 unspecified atom stereocenters. The second-order valence-corrected chi connectivity index (χ2v) is 4.99. The number of carbonyl (C=O) groups excluding carboxylic acids is 1. The van der Waals surface area contributed by atoms with Crippen LogP contribution in [0.1, 0.15) is 15.9 Å². The number of nitrogens with one attached hydrogen (secondary N) is 1. The number of aromatic nitrogens is 3. The largest absolute Gasteiger partial charge is 0.348 e. The van der Waals surface area contributed by atoms with Crippen molar-refractivity contribution in [2.24, 2.45) is 0 Å². The summed E-state index contributed by atoms with van der Waals surface area (Å²) in [5.74, 6) is -0.257. The van der Waals surface area contributed by atoms with E-state index in [1.54, 1.807) is 36.8 Å². The number of hydrogen-bond acceptors (Lipinski definition) is 5. The maximum absolute atomic E-state index is 12.1. The van der Waals surface area contributed by atoms with E-state index in [0.29, 0.717) is 17.8 Å². The van der Waals surface area contributed by atoms with Crippen LogP contribution in [-0.2, 0) is 6.54 Å². The summed E-state index contributed by atoms with van der Waals surface area (Å²) in [7, 11) is 0. The number of pyridine rings is 1. The molecule has 1 N–H and O–H groups in total. The molecule has 0 aliphatic heterocycles. The van der Waals surface area contributed by atoms with Gasteiger partial charge in [-0.1, -0.05) is 6.07 Å². The number of carbonyl (C=O) groups is 1. The highest BCUT2D eigenvalue weighted by Gasteiger charge is 2.10. The summed E-state index contributed by atoms with van der Waals surface area (Å²) in [6.45, 7) is 0.370. The van der Waals surface area contributed by atoms with Crippen LogP contribution in [0.2, 0.25) is 0 Å². The number of rotatable bonds is 5. The zero-order chi connectivity index (χ0) is 16.9. The number of benzene rings is 1. The molecule has 0 atom stereocenters. The van der Waals surface area contributed by atoms with E-state index in [-0.39, 0.29) is 11.6 Å². The smallest absolute Gasteiger partial charge is 0.269 e. The lowest BCUT2D eigenvalue weighted by Gasteiger charge is -2.03. The van der Waals surface area contributed by atoms with Crippen LogP contribution in [0.3, 0.4) is 0 Å². The molecular weight excluding hydrogens is 310 g/mol. The summed E-state index contributed by atoms with van der Waals surface area (Å²) in [6, 6.07) is 9.59. The van der Waals surface area contributed by atoms with Crippen LogP contribution in [0.4, 0.5) is 5.69 Å². The topological polar surface area (TPSA) is 103 Å². The normalized spacial score (nSPS) is 10.3. The summed E-state index contributed by atoms with van der Waals surface area (Å²) in [5.41, 5.74) is 1.93. The van der Waals surface area contributed by atoms with Crippen molar-refractivity contribution in [3.63, 3.8) is 0 Å². The van der Waals surface area contributed by atoms with Crippen molar-refractivity contribution < 1.29 is 9.72 Å². The average Bonchev–Trinajstić information content (AvgIpc) is 3.11. The minimum absolute atomic E-state index is 0.000318. The zero-order valence-corrected chi connectivity index (χ0v) is 12.5. The van der Waals surface area contributed by atoms with E-state index >= 15 is 0 Å². The van der Waals surface area contributed by atoms with Crippen molar-refractivity contribution >= 4 is 11.6 Å². The summed E-state index contributed by atoms with van der Waals surface area (Å²) in [6.07, 6.45) is 6.36. The number of amides is 1. The maximum Gasteiger partial charge on any atom is 0.269 e. The Morgan fingerprint density at radius 1 is 1.21 bits per heavy atom. The average molecular weight is 323 g/mol. The molecule has 1 amide bonds. The first-order valence-electron chi connectivity index (χ1n) is 7.10. The van der Waals surface area contributed by atoms with Gasteiger partial charge < -0.3 is 5.32 Å². The molecule has 0 saturated heterocycles. The number of nitro groups is 1. The van der Waals surface area contributed by atoms with Crippen molar-refractivity contribution in [2.75, 3.05) is 0 Å². The summed E-state index contributed by atoms with van der Waals surface area (Å²) in [5, 5.41) is 17.5. The molecule has 1 aromatic carbocycles. The lowest BCUT2D eigenvalue weighted by molar-refractivity contribution is -0.384. The monoisotopic (exact) mass is 323 g/mol. The molecule has 0 saturated carbocycles. The molecule has 2 heterocycles. The SMILES string of the molecule is O=C(NCc1cccnc1)c1cnn(-c2ccc([N+](=O)[O-])cc2)c1. The Hall–Kier alpha value is -3.55. The van der Waals surface area contributed by atoms with Gasteiger partial charge in [0.25, 0.3) is 11.6 Å². The van der Waals surface area contributed by atoms with Gasteiger partial charge in [0.05, 0.1) is 22.4 Å². The molecule has 0 fully saturated rings. The van der Waals surface area contributed by atoms with Gasteiger partial charge in [-0.25, -0.2) is 4.68 Å². The predicted molar refractivity (Wildman–Crippen MR) is 85.6 cm³/mol. The molecule has 0 aliphatic carbocycles. The van der Waals surface area contributed by atoms with Crippen molar-refractivity contribution in [3.05, 3.63) is 82.4 Å². The van der Waals surface area contributed by atoms with Gasteiger partial charge in [-0.05, 0) is 23.8 Å². The van der Waals surface area contributed by atoms with E-state index in [9.17, 15) is 14.9 Å². The van der Waals surface area contributed by atoms with Crippen LogP contribution in [0.15, 0.2) is 61.2 Å². The Morgan fingerprint density at radius 2 is 2.00 bits per heavy atom. The third kappa shape index (κ3) is 3.43. The highest BCUT2D eigenvalue weighted by atomic mass is 16.6. The Balaban J connectivity index is 1.68. The molecule has 3 aromatic rings. The number of non-ortho nitro benzene ring substituents is 1. The number of nitrogens with zero attached hydrogens (tertiary/aromatic N) is 4. The first-order chi connectivity index (χ1) is 11.6. The maximum atomic E-state index is 12.1. The Kier molecular flexibility index (Phi) is 4.28. The molecule has 0 bridgehead atoms. The van der Waals surface area contributed by atoms with Gasteiger partial charge in [0.15, 0.2) is 0 Å². The standard InChI is InChI=1S/C16H13N5O3/c22-16(18-9-12-2-1-7-17-8-12)13-10-19-20(11-13)14-3-5-15(6-4-14)21(23)24/h1-8,10-11H,9H2,(H,18,22). The predicted octanol–water partition coefficient (Wildman–Crippen LogP) is 2.11.